The van der Waals surface area contributed by atoms with Crippen LogP contribution in [0.15, 0.2) is 48.5 Å². The highest BCUT2D eigenvalue weighted by atomic mass is 35.5. The Morgan fingerprint density at radius 1 is 1.00 bits per heavy atom. The van der Waals surface area contributed by atoms with Crippen molar-refractivity contribution in [3.8, 4) is 10.6 Å². The summed E-state index contributed by atoms with van der Waals surface area (Å²) in [5.74, 6) is -0.949. The lowest BCUT2D eigenvalue weighted by Crippen LogP contribution is -2.41. The molecular weight excluding hydrogens is 393 g/mol. The van der Waals surface area contributed by atoms with Crippen molar-refractivity contribution in [1.29, 1.82) is 0 Å². The lowest BCUT2D eigenvalue weighted by Gasteiger charge is -2.07. The van der Waals surface area contributed by atoms with Gasteiger partial charge in [-0.05, 0) is 31.2 Å². The molecule has 2 aromatic carbocycles. The number of nitrogens with one attached hydrogen (secondary N) is 2. The van der Waals surface area contributed by atoms with Gasteiger partial charge in [0, 0.05) is 10.6 Å². The molecule has 0 aliphatic heterocycles. The molecule has 2 N–H and O–H groups in total. The number of benzene rings is 2. The maximum atomic E-state index is 12.4. The van der Waals surface area contributed by atoms with E-state index < -0.39 is 11.8 Å². The normalized spacial score (nSPS) is 10.4. The molecule has 26 heavy (non-hydrogen) atoms. The summed E-state index contributed by atoms with van der Waals surface area (Å²) < 4.78 is 0. The van der Waals surface area contributed by atoms with E-state index in [0.717, 1.165) is 5.56 Å². The van der Waals surface area contributed by atoms with E-state index >= 15 is 0 Å². The largest absolute Gasteiger partial charge is 0.281 e. The van der Waals surface area contributed by atoms with Crippen LogP contribution in [0.1, 0.15) is 25.7 Å². The van der Waals surface area contributed by atoms with Gasteiger partial charge in [-0.2, -0.15) is 0 Å². The van der Waals surface area contributed by atoms with Gasteiger partial charge in [-0.15, -0.1) is 11.3 Å². The number of rotatable bonds is 3. The van der Waals surface area contributed by atoms with Crippen molar-refractivity contribution in [3.05, 3.63) is 74.7 Å². The number of hydrogen-bond donors (Lipinski definition) is 2. The minimum Gasteiger partial charge on any atom is -0.267 e. The maximum Gasteiger partial charge on any atom is 0.281 e. The van der Waals surface area contributed by atoms with E-state index in [0.29, 0.717) is 25.6 Å². The third-order valence-electron chi connectivity index (χ3n) is 3.48. The molecule has 0 saturated carbocycles. The van der Waals surface area contributed by atoms with Crippen LogP contribution in [0.4, 0.5) is 0 Å². The number of aryl methyl sites for hydroxylation is 1. The van der Waals surface area contributed by atoms with Crippen LogP contribution < -0.4 is 10.9 Å². The molecule has 0 bridgehead atoms. The maximum absolute atomic E-state index is 12.4. The third-order valence-corrected chi connectivity index (χ3v) is 5.25. The summed E-state index contributed by atoms with van der Waals surface area (Å²) in [6, 6.07) is 13.8. The van der Waals surface area contributed by atoms with Gasteiger partial charge in [0.25, 0.3) is 11.8 Å². The lowest BCUT2D eigenvalue weighted by molar-refractivity contribution is 0.0848. The van der Waals surface area contributed by atoms with E-state index in [2.05, 4.69) is 15.8 Å². The predicted octanol–water partition coefficient (Wildman–Crippen LogP) is 4.50. The van der Waals surface area contributed by atoms with Crippen molar-refractivity contribution in [2.24, 2.45) is 0 Å². The Bertz CT molecular complexity index is 988. The second-order valence-electron chi connectivity index (χ2n) is 5.33. The Balaban J connectivity index is 1.73. The number of amides is 2. The number of hydrogen-bond acceptors (Lipinski definition) is 4. The fourth-order valence-electron chi connectivity index (χ4n) is 2.24. The van der Waals surface area contributed by atoms with Crippen molar-refractivity contribution >= 4 is 46.4 Å². The van der Waals surface area contributed by atoms with Crippen LogP contribution in [0.25, 0.3) is 10.6 Å². The Morgan fingerprint density at radius 3 is 2.46 bits per heavy atom. The van der Waals surface area contributed by atoms with Crippen LogP contribution >= 0.6 is 34.5 Å². The van der Waals surface area contributed by atoms with Gasteiger partial charge in [-0.25, -0.2) is 4.98 Å². The summed E-state index contributed by atoms with van der Waals surface area (Å²) in [7, 11) is 0. The molecule has 0 saturated heterocycles. The van der Waals surface area contributed by atoms with E-state index in [9.17, 15) is 9.59 Å². The first-order valence-corrected chi connectivity index (χ1v) is 9.11. The zero-order valence-electron chi connectivity index (χ0n) is 13.5. The molecule has 8 heteroatoms. The van der Waals surface area contributed by atoms with Gasteiger partial charge in [0.1, 0.15) is 9.88 Å². The summed E-state index contributed by atoms with van der Waals surface area (Å²) in [4.78, 5) is 29.3. The van der Waals surface area contributed by atoms with Crippen LogP contribution in [0.2, 0.25) is 10.0 Å². The first-order valence-electron chi connectivity index (χ1n) is 7.54. The van der Waals surface area contributed by atoms with Gasteiger partial charge < -0.3 is 0 Å². The van der Waals surface area contributed by atoms with E-state index in [1.165, 1.54) is 11.3 Å². The van der Waals surface area contributed by atoms with Gasteiger partial charge in [0.2, 0.25) is 0 Å². The first-order chi connectivity index (χ1) is 12.5. The molecule has 0 fully saturated rings. The number of carbonyl (C=O) groups is 2. The van der Waals surface area contributed by atoms with Gasteiger partial charge in [0.15, 0.2) is 0 Å². The summed E-state index contributed by atoms with van der Waals surface area (Å²) >= 11 is 13.2. The molecule has 3 aromatic rings. The highest BCUT2D eigenvalue weighted by Crippen LogP contribution is 2.29. The van der Waals surface area contributed by atoms with Gasteiger partial charge >= 0.3 is 0 Å². The Kier molecular flexibility index (Phi) is 5.56. The fraction of sp³-hybridized carbons (Fsp3) is 0.0556. The quantitative estimate of drug-likeness (QED) is 0.630. The Hall–Kier alpha value is -2.41. The molecule has 1 aromatic heterocycles. The van der Waals surface area contributed by atoms with E-state index in [1.807, 2.05) is 12.1 Å². The molecule has 132 valence electrons. The second-order valence-corrected chi connectivity index (χ2v) is 7.17. The van der Waals surface area contributed by atoms with Crippen LogP contribution in [0, 0.1) is 6.92 Å². The Morgan fingerprint density at radius 2 is 1.73 bits per heavy atom. The topological polar surface area (TPSA) is 71.1 Å². The van der Waals surface area contributed by atoms with Gasteiger partial charge in [0.05, 0.1) is 16.3 Å². The van der Waals surface area contributed by atoms with E-state index in [-0.39, 0.29) is 5.56 Å². The van der Waals surface area contributed by atoms with Gasteiger partial charge in [-0.1, -0.05) is 47.5 Å². The molecule has 1 heterocycles. The number of halogens is 2. The average molecular weight is 406 g/mol. The Labute approximate surface area is 163 Å². The summed E-state index contributed by atoms with van der Waals surface area (Å²) in [5.41, 5.74) is 6.41. The number of aromatic nitrogens is 1. The minimum atomic E-state index is -0.499. The highest BCUT2D eigenvalue weighted by molar-refractivity contribution is 7.17. The summed E-state index contributed by atoms with van der Waals surface area (Å²) in [6.45, 7) is 1.73. The lowest BCUT2D eigenvalue weighted by atomic mass is 10.2. The van der Waals surface area contributed by atoms with Crippen molar-refractivity contribution in [2.75, 3.05) is 0 Å². The van der Waals surface area contributed by atoms with Crippen LogP contribution in [0.3, 0.4) is 0 Å². The number of thiazole rings is 1. The van der Waals surface area contributed by atoms with Crippen molar-refractivity contribution in [3.63, 3.8) is 0 Å². The smallest absolute Gasteiger partial charge is 0.267 e. The number of nitrogens with zero attached hydrogens (tertiary/aromatic N) is 1. The molecule has 5 nitrogen and oxygen atoms in total. The third kappa shape index (κ3) is 4.04. The molecule has 0 unspecified atom stereocenters. The van der Waals surface area contributed by atoms with Gasteiger partial charge in [-0.3, -0.25) is 20.4 Å². The average Bonchev–Trinajstić information content (AvgIpc) is 3.02. The molecule has 0 spiro atoms. The zero-order chi connectivity index (χ0) is 18.7. The second kappa shape index (κ2) is 7.86. The molecule has 0 aliphatic rings. The molecular formula is C18H13Cl2N3O2S. The zero-order valence-corrected chi connectivity index (χ0v) is 15.9. The summed E-state index contributed by atoms with van der Waals surface area (Å²) in [6.07, 6.45) is 0. The molecule has 0 aliphatic carbocycles. The van der Waals surface area contributed by atoms with Crippen LogP contribution in [0.5, 0.6) is 0 Å². The predicted molar refractivity (Wildman–Crippen MR) is 104 cm³/mol. The molecule has 3 rings (SSSR count). The first kappa shape index (κ1) is 18.4. The van der Waals surface area contributed by atoms with E-state index in [1.54, 1.807) is 43.3 Å². The standard InChI is InChI=1S/C18H13Cl2N3O2S/c1-10-15(26-18(21-10)11-5-4-6-12(19)9-11)17(25)23-22-16(24)13-7-2-3-8-14(13)20/h2-9H,1H3,(H,22,24)(H,23,25). The van der Waals surface area contributed by atoms with Crippen LogP contribution in [-0.2, 0) is 0 Å². The summed E-state index contributed by atoms with van der Waals surface area (Å²) in [5, 5.41) is 1.57. The monoisotopic (exact) mass is 405 g/mol. The van der Waals surface area contributed by atoms with Crippen molar-refractivity contribution in [2.45, 2.75) is 6.92 Å². The van der Waals surface area contributed by atoms with Crippen LogP contribution in [-0.4, -0.2) is 16.8 Å². The van der Waals surface area contributed by atoms with Crippen molar-refractivity contribution < 1.29 is 9.59 Å². The SMILES string of the molecule is Cc1nc(-c2cccc(Cl)c2)sc1C(=O)NNC(=O)c1ccccc1Cl. The minimum absolute atomic E-state index is 0.273. The van der Waals surface area contributed by atoms with E-state index in [4.69, 9.17) is 23.2 Å². The molecule has 2 amide bonds. The van der Waals surface area contributed by atoms with Crippen molar-refractivity contribution in [1.82, 2.24) is 15.8 Å². The number of hydrazine groups is 1. The fourth-order valence-corrected chi connectivity index (χ4v) is 3.60. The highest BCUT2D eigenvalue weighted by Gasteiger charge is 2.18. The number of carbonyl (C=O) groups excluding carboxylic acids is 2. The molecule has 0 radical (unpaired) electrons. The molecule has 0 atom stereocenters.